The fourth-order valence-corrected chi connectivity index (χ4v) is 2.78. The molecule has 1 unspecified atom stereocenters. The molecule has 0 saturated heterocycles. The van der Waals surface area contributed by atoms with E-state index in [2.05, 4.69) is 0 Å². The third-order valence-electron chi connectivity index (χ3n) is 3.04. The van der Waals surface area contributed by atoms with E-state index in [0.717, 1.165) is 29.1 Å². The van der Waals surface area contributed by atoms with Crippen molar-refractivity contribution < 1.29 is 8.78 Å². The van der Waals surface area contributed by atoms with Crippen molar-refractivity contribution >= 4 is 11.8 Å². The van der Waals surface area contributed by atoms with Gasteiger partial charge < -0.3 is 5.73 Å². The molecule has 0 aliphatic rings. The Morgan fingerprint density at radius 2 is 1.45 bits per heavy atom. The van der Waals surface area contributed by atoms with Crippen LogP contribution in [0.3, 0.4) is 0 Å². The number of nitrogens with two attached hydrogens (primary N) is 1. The minimum Gasteiger partial charge on any atom is -0.324 e. The van der Waals surface area contributed by atoms with Crippen molar-refractivity contribution in [1.29, 1.82) is 0 Å². The maximum atomic E-state index is 12.8. The van der Waals surface area contributed by atoms with Gasteiger partial charge >= 0.3 is 0 Å². The lowest BCUT2D eigenvalue weighted by molar-refractivity contribution is 0.617. The highest BCUT2D eigenvalue weighted by atomic mass is 32.2. The van der Waals surface area contributed by atoms with Crippen LogP contribution in [0.4, 0.5) is 8.78 Å². The van der Waals surface area contributed by atoms with Crippen LogP contribution in [0, 0.1) is 11.6 Å². The molecule has 0 radical (unpaired) electrons. The highest BCUT2D eigenvalue weighted by molar-refractivity contribution is 7.99. The second-order valence-electron chi connectivity index (χ2n) is 4.60. The first-order valence-electron chi connectivity index (χ1n) is 6.54. The van der Waals surface area contributed by atoms with Gasteiger partial charge in [-0.1, -0.05) is 12.1 Å². The molecule has 0 aliphatic carbocycles. The maximum Gasteiger partial charge on any atom is 0.123 e. The Hall–Kier alpha value is -1.39. The fourth-order valence-electron chi connectivity index (χ4n) is 1.90. The molecule has 0 heterocycles. The first-order chi connectivity index (χ1) is 9.65. The minimum absolute atomic E-state index is 0.0654. The van der Waals surface area contributed by atoms with E-state index in [1.807, 2.05) is 0 Å². The van der Waals surface area contributed by atoms with Crippen molar-refractivity contribution in [3.63, 3.8) is 0 Å². The van der Waals surface area contributed by atoms with Gasteiger partial charge in [-0.3, -0.25) is 0 Å². The third-order valence-corrected chi connectivity index (χ3v) is 4.14. The van der Waals surface area contributed by atoms with E-state index >= 15 is 0 Å². The van der Waals surface area contributed by atoms with Crippen LogP contribution in [0.25, 0.3) is 0 Å². The fraction of sp³-hybridized carbons (Fsp3) is 0.250. The molecule has 0 saturated carbocycles. The summed E-state index contributed by atoms with van der Waals surface area (Å²) in [6.45, 7) is 0. The zero-order chi connectivity index (χ0) is 14.4. The molecule has 1 nitrogen and oxygen atoms in total. The van der Waals surface area contributed by atoms with E-state index in [1.165, 1.54) is 24.3 Å². The van der Waals surface area contributed by atoms with Gasteiger partial charge in [0.05, 0.1) is 0 Å². The molecule has 0 bridgehead atoms. The van der Waals surface area contributed by atoms with Crippen LogP contribution in [0.1, 0.15) is 24.4 Å². The number of halogens is 2. The maximum absolute atomic E-state index is 12.8. The number of benzene rings is 2. The molecule has 2 N–H and O–H groups in total. The Kier molecular flexibility index (Phi) is 5.56. The molecule has 106 valence electrons. The van der Waals surface area contributed by atoms with Gasteiger partial charge in [0, 0.05) is 10.9 Å². The SMILES string of the molecule is NC(CCCSc1ccc(F)cc1)c1ccc(F)cc1. The van der Waals surface area contributed by atoms with Crippen LogP contribution < -0.4 is 5.73 Å². The number of hydrogen-bond acceptors (Lipinski definition) is 2. The van der Waals surface area contributed by atoms with E-state index < -0.39 is 0 Å². The Bertz CT molecular complexity index is 525. The van der Waals surface area contributed by atoms with Gasteiger partial charge in [0.1, 0.15) is 11.6 Å². The molecule has 2 rings (SSSR count). The van der Waals surface area contributed by atoms with Crippen LogP contribution in [0.2, 0.25) is 0 Å². The van der Waals surface area contributed by atoms with Crippen LogP contribution >= 0.6 is 11.8 Å². The van der Waals surface area contributed by atoms with Crippen LogP contribution in [-0.4, -0.2) is 5.75 Å². The van der Waals surface area contributed by atoms with Gasteiger partial charge in [-0.25, -0.2) is 8.78 Å². The highest BCUT2D eigenvalue weighted by Gasteiger charge is 2.06. The molecule has 2 aromatic carbocycles. The quantitative estimate of drug-likeness (QED) is 0.625. The third kappa shape index (κ3) is 4.62. The van der Waals surface area contributed by atoms with Crippen molar-refractivity contribution in [2.45, 2.75) is 23.8 Å². The summed E-state index contributed by atoms with van der Waals surface area (Å²) in [7, 11) is 0. The van der Waals surface area contributed by atoms with Gasteiger partial charge in [0.15, 0.2) is 0 Å². The van der Waals surface area contributed by atoms with E-state index in [-0.39, 0.29) is 17.7 Å². The largest absolute Gasteiger partial charge is 0.324 e. The molecular weight excluding hydrogens is 276 g/mol. The molecule has 0 spiro atoms. The molecular formula is C16H17F2NS. The lowest BCUT2D eigenvalue weighted by Crippen LogP contribution is -2.10. The number of thioether (sulfide) groups is 1. The predicted molar refractivity (Wildman–Crippen MR) is 79.7 cm³/mol. The monoisotopic (exact) mass is 293 g/mol. The molecule has 0 aliphatic heterocycles. The zero-order valence-corrected chi connectivity index (χ0v) is 11.9. The summed E-state index contributed by atoms with van der Waals surface area (Å²) in [6.07, 6.45) is 1.81. The van der Waals surface area contributed by atoms with Crippen LogP contribution in [0.15, 0.2) is 53.4 Å². The normalized spacial score (nSPS) is 12.3. The van der Waals surface area contributed by atoms with Gasteiger partial charge in [0.2, 0.25) is 0 Å². The lowest BCUT2D eigenvalue weighted by Gasteiger charge is -2.11. The van der Waals surface area contributed by atoms with Gasteiger partial charge in [-0.15, -0.1) is 11.8 Å². The number of rotatable bonds is 6. The molecule has 2 aromatic rings. The molecule has 4 heteroatoms. The second-order valence-corrected chi connectivity index (χ2v) is 5.77. The molecule has 1 atom stereocenters. The first-order valence-corrected chi connectivity index (χ1v) is 7.53. The molecule has 0 aromatic heterocycles. The Labute approximate surface area is 122 Å². The Morgan fingerprint density at radius 3 is 2.05 bits per heavy atom. The molecule has 0 amide bonds. The average molecular weight is 293 g/mol. The second kappa shape index (κ2) is 7.41. The van der Waals surface area contributed by atoms with Crippen molar-refractivity contribution in [3.8, 4) is 0 Å². The summed E-state index contributed by atoms with van der Waals surface area (Å²) in [6, 6.07) is 12.7. The van der Waals surface area contributed by atoms with Crippen molar-refractivity contribution in [2.75, 3.05) is 5.75 Å². The summed E-state index contributed by atoms with van der Waals surface area (Å²) in [5.41, 5.74) is 7.02. The van der Waals surface area contributed by atoms with Crippen LogP contribution in [0.5, 0.6) is 0 Å². The van der Waals surface area contributed by atoms with E-state index in [1.54, 1.807) is 36.0 Å². The summed E-state index contributed by atoms with van der Waals surface area (Å²) >= 11 is 1.69. The first kappa shape index (κ1) is 15.0. The highest BCUT2D eigenvalue weighted by Crippen LogP contribution is 2.22. The summed E-state index contributed by atoms with van der Waals surface area (Å²) in [5.74, 6) is 0.473. The Balaban J connectivity index is 1.72. The van der Waals surface area contributed by atoms with Crippen molar-refractivity contribution in [2.24, 2.45) is 5.73 Å². The zero-order valence-electron chi connectivity index (χ0n) is 11.1. The predicted octanol–water partition coefficient (Wildman–Crippen LogP) is 4.54. The van der Waals surface area contributed by atoms with Crippen LogP contribution in [-0.2, 0) is 0 Å². The van der Waals surface area contributed by atoms with Gasteiger partial charge in [-0.05, 0) is 60.6 Å². The topological polar surface area (TPSA) is 26.0 Å². The number of hydrogen-bond donors (Lipinski definition) is 1. The lowest BCUT2D eigenvalue weighted by atomic mass is 10.0. The van der Waals surface area contributed by atoms with E-state index in [0.29, 0.717) is 0 Å². The van der Waals surface area contributed by atoms with Gasteiger partial charge in [-0.2, -0.15) is 0 Å². The van der Waals surface area contributed by atoms with E-state index in [4.69, 9.17) is 5.73 Å². The Morgan fingerprint density at radius 1 is 0.900 bits per heavy atom. The standard InChI is InChI=1S/C16H17F2NS/c17-13-5-3-12(4-6-13)16(19)2-1-11-20-15-9-7-14(18)8-10-15/h3-10,16H,1-2,11,19H2. The minimum atomic E-state index is -0.243. The van der Waals surface area contributed by atoms with E-state index in [9.17, 15) is 8.78 Å². The summed E-state index contributed by atoms with van der Waals surface area (Å²) in [5, 5.41) is 0. The van der Waals surface area contributed by atoms with Crippen molar-refractivity contribution in [3.05, 3.63) is 65.7 Å². The molecule has 0 fully saturated rings. The summed E-state index contributed by atoms with van der Waals surface area (Å²) in [4.78, 5) is 1.06. The average Bonchev–Trinajstić information content (AvgIpc) is 2.46. The summed E-state index contributed by atoms with van der Waals surface area (Å²) < 4.78 is 25.5. The van der Waals surface area contributed by atoms with Crippen molar-refractivity contribution in [1.82, 2.24) is 0 Å². The molecule has 20 heavy (non-hydrogen) atoms. The van der Waals surface area contributed by atoms with Gasteiger partial charge in [0.25, 0.3) is 0 Å². The smallest absolute Gasteiger partial charge is 0.123 e.